The molecule has 0 unspecified atom stereocenters. The Bertz CT molecular complexity index is 1410. The molecule has 0 aliphatic rings. The summed E-state index contributed by atoms with van der Waals surface area (Å²) in [5.41, 5.74) is 2.85. The van der Waals surface area contributed by atoms with Crippen molar-refractivity contribution < 1.29 is 19.1 Å². The third-order valence-electron chi connectivity index (χ3n) is 4.88. The summed E-state index contributed by atoms with van der Waals surface area (Å²) in [5, 5.41) is 0.747. The van der Waals surface area contributed by atoms with E-state index in [4.69, 9.17) is 9.47 Å². The zero-order valence-electron chi connectivity index (χ0n) is 17.3. The molecule has 0 amide bonds. The third-order valence-corrected chi connectivity index (χ3v) is 7.03. The molecule has 0 aliphatic heterocycles. The molecule has 2 aromatic heterocycles. The summed E-state index contributed by atoms with van der Waals surface area (Å²) in [6.07, 6.45) is 0. The van der Waals surface area contributed by atoms with E-state index in [9.17, 15) is 9.59 Å². The lowest BCUT2D eigenvalue weighted by Gasteiger charge is -2.07. The molecule has 0 radical (unpaired) electrons. The molecule has 0 aliphatic carbocycles. The van der Waals surface area contributed by atoms with Crippen molar-refractivity contribution in [2.24, 2.45) is 0 Å². The van der Waals surface area contributed by atoms with Crippen LogP contribution >= 0.6 is 23.1 Å². The van der Waals surface area contributed by atoms with Crippen molar-refractivity contribution in [3.63, 3.8) is 0 Å². The van der Waals surface area contributed by atoms with Crippen molar-refractivity contribution >= 4 is 56.2 Å². The Morgan fingerprint density at radius 3 is 2.64 bits per heavy atom. The van der Waals surface area contributed by atoms with Crippen molar-refractivity contribution in [1.82, 2.24) is 9.97 Å². The molecule has 0 fully saturated rings. The van der Waals surface area contributed by atoms with Crippen LogP contribution in [0.4, 0.5) is 0 Å². The van der Waals surface area contributed by atoms with E-state index in [-0.39, 0.29) is 11.4 Å². The van der Waals surface area contributed by atoms with Gasteiger partial charge in [-0.25, -0.2) is 9.78 Å². The number of fused-ring (bicyclic) bond motifs is 2. The van der Waals surface area contributed by atoms with E-state index in [1.165, 1.54) is 23.1 Å². The number of nitrogens with one attached hydrogen (secondary N) is 1. The summed E-state index contributed by atoms with van der Waals surface area (Å²) in [6, 6.07) is 24.8. The number of carbonyl (C=O) groups is 2. The lowest BCUT2D eigenvalue weighted by Crippen LogP contribution is -2.14. The second-order valence-electron chi connectivity index (χ2n) is 7.17. The van der Waals surface area contributed by atoms with E-state index >= 15 is 0 Å². The lowest BCUT2D eigenvalue weighted by molar-refractivity contribution is -0.134. The van der Waals surface area contributed by atoms with Crippen LogP contribution in [-0.2, 0) is 16.1 Å². The summed E-state index contributed by atoms with van der Waals surface area (Å²) in [7, 11) is 0. The number of para-hydroxylation sites is 1. The average molecular weight is 475 g/mol. The van der Waals surface area contributed by atoms with E-state index in [2.05, 4.69) is 9.97 Å². The highest BCUT2D eigenvalue weighted by Gasteiger charge is 2.18. The van der Waals surface area contributed by atoms with E-state index in [0.29, 0.717) is 12.4 Å². The van der Waals surface area contributed by atoms with Gasteiger partial charge < -0.3 is 14.5 Å². The number of thioether (sulfide) groups is 1. The number of ether oxygens (including phenoxy) is 2. The predicted octanol–water partition coefficient (Wildman–Crippen LogP) is 5.83. The minimum atomic E-state index is -0.727. The highest BCUT2D eigenvalue weighted by molar-refractivity contribution is 8.01. The maximum absolute atomic E-state index is 12.5. The van der Waals surface area contributed by atoms with Crippen LogP contribution in [0.5, 0.6) is 5.75 Å². The number of carbonyl (C=O) groups excluding carboxylic acids is 2. The zero-order chi connectivity index (χ0) is 22.6. The Labute approximate surface area is 197 Å². The van der Waals surface area contributed by atoms with E-state index in [1.54, 1.807) is 6.07 Å². The number of hydrogen-bond acceptors (Lipinski definition) is 7. The molecule has 0 saturated heterocycles. The minimum Gasteiger partial charge on any atom is -0.488 e. The topological polar surface area (TPSA) is 81.3 Å². The molecular formula is C25H18N2O4S2. The summed E-state index contributed by atoms with van der Waals surface area (Å²) in [5.74, 6) is -0.708. The summed E-state index contributed by atoms with van der Waals surface area (Å²) >= 11 is 2.75. The van der Waals surface area contributed by atoms with Crippen LogP contribution in [0, 0.1) is 0 Å². The molecule has 5 aromatic rings. The van der Waals surface area contributed by atoms with Gasteiger partial charge in [-0.05, 0) is 35.9 Å². The van der Waals surface area contributed by atoms with Crippen LogP contribution in [0.15, 0.2) is 83.2 Å². The monoisotopic (exact) mass is 474 g/mol. The Balaban J connectivity index is 1.22. The first-order chi connectivity index (χ1) is 16.2. The quantitative estimate of drug-likeness (QED) is 0.182. The van der Waals surface area contributed by atoms with Crippen molar-refractivity contribution in [1.29, 1.82) is 0 Å². The van der Waals surface area contributed by atoms with Crippen molar-refractivity contribution in [2.45, 2.75) is 10.9 Å². The summed E-state index contributed by atoms with van der Waals surface area (Å²) in [6.45, 7) is 0.409. The van der Waals surface area contributed by atoms with E-state index < -0.39 is 11.9 Å². The van der Waals surface area contributed by atoms with Gasteiger partial charge in [-0.1, -0.05) is 60.3 Å². The number of nitrogens with zero attached hydrogens (tertiary/aromatic N) is 1. The first-order valence-electron chi connectivity index (χ1n) is 10.2. The molecule has 0 saturated carbocycles. The standard InChI is InChI=1S/C25H18N2O4S2/c28-23(15-32-25-27-19-9-4-5-12-22(19)33-25)31-24(29)20-13-17-18(26-20)10-6-11-21(17)30-14-16-7-2-1-3-8-16/h1-13,26H,14-15H2. The van der Waals surface area contributed by atoms with Gasteiger partial charge in [0, 0.05) is 10.9 Å². The van der Waals surface area contributed by atoms with Gasteiger partial charge in [0.05, 0.1) is 16.0 Å². The van der Waals surface area contributed by atoms with Crippen LogP contribution < -0.4 is 4.74 Å². The first kappa shape index (κ1) is 21.2. The molecular weight excluding hydrogens is 456 g/mol. The third kappa shape index (κ3) is 4.92. The number of H-pyrrole nitrogens is 1. The molecule has 6 nitrogen and oxygen atoms in total. The molecule has 3 aromatic carbocycles. The number of aromatic amines is 1. The molecule has 8 heteroatoms. The van der Waals surface area contributed by atoms with Gasteiger partial charge in [0.25, 0.3) is 0 Å². The number of esters is 2. The fourth-order valence-corrected chi connectivity index (χ4v) is 5.16. The Morgan fingerprint density at radius 1 is 0.970 bits per heavy atom. The van der Waals surface area contributed by atoms with Gasteiger partial charge in [0.15, 0.2) is 4.34 Å². The zero-order valence-corrected chi connectivity index (χ0v) is 18.9. The summed E-state index contributed by atoms with van der Waals surface area (Å²) < 4.78 is 12.8. The van der Waals surface area contributed by atoms with Crippen LogP contribution in [0.3, 0.4) is 0 Å². The fourth-order valence-electron chi connectivity index (χ4n) is 3.32. The van der Waals surface area contributed by atoms with Crippen LogP contribution in [-0.4, -0.2) is 27.7 Å². The molecule has 0 spiro atoms. The molecule has 5 rings (SSSR count). The van der Waals surface area contributed by atoms with Crippen molar-refractivity contribution in [3.8, 4) is 5.75 Å². The molecule has 2 heterocycles. The van der Waals surface area contributed by atoms with Gasteiger partial charge in [0.2, 0.25) is 0 Å². The smallest absolute Gasteiger partial charge is 0.362 e. The highest BCUT2D eigenvalue weighted by Crippen LogP contribution is 2.30. The van der Waals surface area contributed by atoms with Crippen LogP contribution in [0.25, 0.3) is 21.1 Å². The molecule has 0 atom stereocenters. The Morgan fingerprint density at radius 2 is 1.79 bits per heavy atom. The maximum atomic E-state index is 12.5. The first-order valence-corrected chi connectivity index (χ1v) is 12.0. The Kier molecular flexibility index (Phi) is 6.10. The van der Waals surface area contributed by atoms with Crippen molar-refractivity contribution in [2.75, 3.05) is 5.75 Å². The average Bonchev–Trinajstić information content (AvgIpc) is 3.46. The van der Waals surface area contributed by atoms with Gasteiger partial charge in [-0.3, -0.25) is 4.79 Å². The number of benzene rings is 3. The predicted molar refractivity (Wildman–Crippen MR) is 130 cm³/mol. The molecule has 33 heavy (non-hydrogen) atoms. The van der Waals surface area contributed by atoms with E-state index in [1.807, 2.05) is 72.8 Å². The van der Waals surface area contributed by atoms with Crippen molar-refractivity contribution in [3.05, 3.63) is 90.1 Å². The van der Waals surface area contributed by atoms with Gasteiger partial charge >= 0.3 is 11.9 Å². The fraction of sp³-hybridized carbons (Fsp3) is 0.0800. The molecule has 0 bridgehead atoms. The number of rotatable bonds is 7. The number of hydrogen-bond donors (Lipinski definition) is 1. The van der Waals surface area contributed by atoms with Gasteiger partial charge in [0.1, 0.15) is 18.1 Å². The number of thiazole rings is 1. The van der Waals surface area contributed by atoms with Crippen LogP contribution in [0.1, 0.15) is 16.1 Å². The largest absolute Gasteiger partial charge is 0.488 e. The van der Waals surface area contributed by atoms with E-state index in [0.717, 1.165) is 31.0 Å². The van der Waals surface area contributed by atoms with Gasteiger partial charge in [-0.2, -0.15) is 0 Å². The highest BCUT2D eigenvalue weighted by atomic mass is 32.2. The Hall–Kier alpha value is -3.62. The molecule has 1 N–H and O–H groups in total. The second-order valence-corrected chi connectivity index (χ2v) is 9.43. The lowest BCUT2D eigenvalue weighted by atomic mass is 10.2. The second kappa shape index (κ2) is 9.48. The molecule has 164 valence electrons. The normalized spacial score (nSPS) is 11.0. The number of aromatic nitrogens is 2. The summed E-state index contributed by atoms with van der Waals surface area (Å²) in [4.78, 5) is 32.2. The minimum absolute atomic E-state index is 0.00275. The SMILES string of the molecule is O=C(CSc1nc2ccccc2s1)OC(=O)c1cc2c(OCc3ccccc3)cccc2[nH]1. The van der Waals surface area contributed by atoms with Gasteiger partial charge in [-0.15, -0.1) is 11.3 Å². The maximum Gasteiger partial charge on any atom is 0.362 e. The van der Waals surface area contributed by atoms with Crippen LogP contribution in [0.2, 0.25) is 0 Å².